The maximum Gasteiger partial charge on any atom is 0.340 e. The topological polar surface area (TPSA) is 158 Å². The van der Waals surface area contributed by atoms with Gasteiger partial charge in [-0.05, 0) is 24.3 Å². The molecule has 0 amide bonds. The number of carbonyl (C=O) groups excluding carboxylic acids is 1. The molecule has 0 unspecified atom stereocenters. The highest BCUT2D eigenvalue weighted by Gasteiger charge is 2.25. The van der Waals surface area contributed by atoms with Crippen LogP contribution in [0.15, 0.2) is 57.0 Å². The Kier molecular flexibility index (Phi) is 4.87. The average molecular weight is 431 g/mol. The van der Waals surface area contributed by atoms with E-state index in [4.69, 9.17) is 9.15 Å². The van der Waals surface area contributed by atoms with Crippen molar-refractivity contribution in [1.82, 2.24) is 15.1 Å². The van der Waals surface area contributed by atoms with Gasteiger partial charge in [-0.3, -0.25) is 10.1 Å². The molecule has 154 valence electrons. The fourth-order valence-electron chi connectivity index (χ4n) is 2.69. The summed E-state index contributed by atoms with van der Waals surface area (Å²) in [5.41, 5.74) is 0.625. The molecule has 1 aromatic heterocycles. The molecule has 30 heavy (non-hydrogen) atoms. The second-order valence-corrected chi connectivity index (χ2v) is 7.98. The molecule has 2 aliphatic rings. The SMILES string of the molecule is O=C(OCc1nnc(-c2ccc([N+](=O)[O-])cc2)o1)C1=CN2CCS(=O)(=O)N=C2C=C1. The summed E-state index contributed by atoms with van der Waals surface area (Å²) in [6.45, 7) is -0.0934. The van der Waals surface area contributed by atoms with E-state index >= 15 is 0 Å². The highest BCUT2D eigenvalue weighted by Crippen LogP contribution is 2.22. The molecule has 13 heteroatoms. The summed E-state index contributed by atoms with van der Waals surface area (Å²) in [5.74, 6) is -0.390. The molecule has 0 aliphatic carbocycles. The number of hydrogen-bond donors (Lipinski definition) is 0. The number of rotatable bonds is 5. The molecule has 2 aliphatic heterocycles. The van der Waals surface area contributed by atoms with E-state index in [1.807, 2.05) is 0 Å². The van der Waals surface area contributed by atoms with Gasteiger partial charge >= 0.3 is 5.97 Å². The lowest BCUT2D eigenvalue weighted by atomic mass is 10.2. The van der Waals surface area contributed by atoms with Crippen molar-refractivity contribution < 1.29 is 27.3 Å². The van der Waals surface area contributed by atoms with Gasteiger partial charge in [0, 0.05) is 30.4 Å². The predicted octanol–water partition coefficient (Wildman–Crippen LogP) is 1.19. The quantitative estimate of drug-likeness (QED) is 0.382. The molecule has 0 radical (unpaired) electrons. The summed E-state index contributed by atoms with van der Waals surface area (Å²) >= 11 is 0. The van der Waals surface area contributed by atoms with Gasteiger partial charge < -0.3 is 14.1 Å². The standard InChI is InChI=1S/C17H13N5O7S/c23-17(12-3-6-14-20-30(26,27)8-7-21(14)9-12)28-10-15-18-19-16(29-15)11-1-4-13(5-2-11)22(24)25/h1-6,9H,7-8,10H2. The minimum absolute atomic E-state index is 0.0448. The number of aromatic nitrogens is 2. The van der Waals surface area contributed by atoms with Gasteiger partial charge in [-0.15, -0.1) is 14.6 Å². The lowest BCUT2D eigenvalue weighted by Gasteiger charge is -2.26. The monoisotopic (exact) mass is 431 g/mol. The molecule has 0 spiro atoms. The number of sulfonamides is 1. The zero-order valence-electron chi connectivity index (χ0n) is 15.2. The summed E-state index contributed by atoms with van der Waals surface area (Å²) < 4.78 is 37.2. The van der Waals surface area contributed by atoms with Crippen molar-refractivity contribution >= 4 is 27.5 Å². The molecule has 4 rings (SSSR count). The Labute approximate surface area is 169 Å². The first-order valence-electron chi connectivity index (χ1n) is 8.54. The minimum atomic E-state index is -3.48. The van der Waals surface area contributed by atoms with E-state index in [1.54, 1.807) is 4.90 Å². The number of benzene rings is 1. The first-order valence-corrected chi connectivity index (χ1v) is 10.2. The molecule has 3 heterocycles. The highest BCUT2D eigenvalue weighted by atomic mass is 32.2. The Balaban J connectivity index is 1.39. The molecule has 0 N–H and O–H groups in total. The number of esters is 1. The van der Waals surface area contributed by atoms with Gasteiger partial charge in [0.25, 0.3) is 21.6 Å². The fourth-order valence-corrected chi connectivity index (χ4v) is 3.66. The van der Waals surface area contributed by atoms with Crippen LogP contribution in [-0.4, -0.2) is 52.5 Å². The van der Waals surface area contributed by atoms with Crippen LogP contribution in [0, 0.1) is 10.1 Å². The molecular weight excluding hydrogens is 418 g/mol. The largest absolute Gasteiger partial charge is 0.452 e. The minimum Gasteiger partial charge on any atom is -0.452 e. The molecule has 0 fully saturated rings. The summed E-state index contributed by atoms with van der Waals surface area (Å²) in [6, 6.07) is 5.56. The van der Waals surface area contributed by atoms with Crippen LogP contribution < -0.4 is 0 Å². The molecule has 0 saturated carbocycles. The van der Waals surface area contributed by atoms with Gasteiger partial charge in [0.2, 0.25) is 5.89 Å². The number of nitrogens with zero attached hydrogens (tertiary/aromatic N) is 5. The normalized spacial score (nSPS) is 17.0. The lowest BCUT2D eigenvalue weighted by Crippen LogP contribution is -2.37. The number of amidine groups is 1. The van der Waals surface area contributed by atoms with Crippen molar-refractivity contribution in [2.24, 2.45) is 4.40 Å². The van der Waals surface area contributed by atoms with Gasteiger partial charge in [-0.1, -0.05) is 0 Å². The first-order chi connectivity index (χ1) is 14.3. The Morgan fingerprint density at radius 2 is 2.00 bits per heavy atom. The van der Waals surface area contributed by atoms with Gasteiger partial charge in [0.05, 0.1) is 16.2 Å². The zero-order chi connectivity index (χ0) is 21.3. The smallest absolute Gasteiger partial charge is 0.340 e. The van der Waals surface area contributed by atoms with Gasteiger partial charge in [-0.2, -0.15) is 0 Å². The summed E-state index contributed by atoms with van der Waals surface area (Å²) in [7, 11) is -3.48. The second kappa shape index (κ2) is 7.51. The maximum absolute atomic E-state index is 12.3. The fraction of sp³-hybridized carbons (Fsp3) is 0.176. The van der Waals surface area contributed by atoms with Crippen LogP contribution in [0.1, 0.15) is 5.89 Å². The number of carbonyl (C=O) groups is 1. The molecule has 12 nitrogen and oxygen atoms in total. The molecule has 0 saturated heterocycles. The summed E-state index contributed by atoms with van der Waals surface area (Å²) in [5, 5.41) is 18.3. The third-order valence-corrected chi connectivity index (χ3v) is 5.34. The summed E-state index contributed by atoms with van der Waals surface area (Å²) in [4.78, 5) is 24.0. The van der Waals surface area contributed by atoms with Crippen LogP contribution in [0.5, 0.6) is 0 Å². The number of ether oxygens (including phenoxy) is 1. The van der Waals surface area contributed by atoms with Crippen molar-refractivity contribution in [3.05, 3.63) is 64.2 Å². The molecule has 0 bridgehead atoms. The third-order valence-electron chi connectivity index (χ3n) is 4.18. The molecule has 0 atom stereocenters. The van der Waals surface area contributed by atoms with Crippen molar-refractivity contribution in [2.45, 2.75) is 6.61 Å². The average Bonchev–Trinajstić information content (AvgIpc) is 3.20. The molecular formula is C17H13N5O7S. The number of hydrogen-bond acceptors (Lipinski definition) is 10. The van der Waals surface area contributed by atoms with Crippen LogP contribution in [0.25, 0.3) is 11.5 Å². The van der Waals surface area contributed by atoms with E-state index in [-0.39, 0.29) is 47.8 Å². The Hall–Kier alpha value is -3.87. The van der Waals surface area contributed by atoms with Crippen LogP contribution in [0.2, 0.25) is 0 Å². The van der Waals surface area contributed by atoms with Crippen LogP contribution in [0.4, 0.5) is 5.69 Å². The number of nitro benzene ring substituents is 1. The van der Waals surface area contributed by atoms with E-state index in [1.165, 1.54) is 42.6 Å². The maximum atomic E-state index is 12.3. The van der Waals surface area contributed by atoms with Crippen molar-refractivity contribution in [1.29, 1.82) is 0 Å². The van der Waals surface area contributed by atoms with Gasteiger partial charge in [-0.25, -0.2) is 13.2 Å². The van der Waals surface area contributed by atoms with Crippen molar-refractivity contribution in [2.75, 3.05) is 12.3 Å². The molecule has 1 aromatic carbocycles. The Morgan fingerprint density at radius 3 is 2.73 bits per heavy atom. The Morgan fingerprint density at radius 1 is 1.23 bits per heavy atom. The van der Waals surface area contributed by atoms with E-state index in [2.05, 4.69) is 14.6 Å². The van der Waals surface area contributed by atoms with E-state index in [0.717, 1.165) is 0 Å². The lowest BCUT2D eigenvalue weighted by molar-refractivity contribution is -0.384. The highest BCUT2D eigenvalue weighted by molar-refractivity contribution is 7.90. The molecule has 2 aromatic rings. The number of nitro groups is 1. The third kappa shape index (κ3) is 4.10. The first kappa shape index (κ1) is 19.4. The van der Waals surface area contributed by atoms with Crippen LogP contribution in [-0.2, 0) is 26.2 Å². The van der Waals surface area contributed by atoms with Gasteiger partial charge in [0.1, 0.15) is 5.84 Å². The van der Waals surface area contributed by atoms with E-state index in [0.29, 0.717) is 5.56 Å². The van der Waals surface area contributed by atoms with E-state index < -0.39 is 20.9 Å². The van der Waals surface area contributed by atoms with Crippen molar-refractivity contribution in [3.63, 3.8) is 0 Å². The Bertz CT molecular complexity index is 1210. The number of non-ortho nitro benzene ring substituents is 1. The number of fused-ring (bicyclic) bond motifs is 1. The van der Waals surface area contributed by atoms with Crippen molar-refractivity contribution in [3.8, 4) is 11.5 Å². The predicted molar refractivity (Wildman–Crippen MR) is 101 cm³/mol. The van der Waals surface area contributed by atoms with Crippen LogP contribution in [0.3, 0.4) is 0 Å². The summed E-state index contributed by atoms with van der Waals surface area (Å²) in [6.07, 6.45) is 4.30. The second-order valence-electron chi connectivity index (χ2n) is 6.23. The van der Waals surface area contributed by atoms with E-state index in [9.17, 15) is 23.3 Å². The zero-order valence-corrected chi connectivity index (χ0v) is 16.0. The van der Waals surface area contributed by atoms with Gasteiger partial charge in [0.15, 0.2) is 6.61 Å². The van der Waals surface area contributed by atoms with Crippen LogP contribution >= 0.6 is 0 Å².